The minimum atomic E-state index is -0.158. The summed E-state index contributed by atoms with van der Waals surface area (Å²) in [7, 11) is 0. The lowest BCUT2D eigenvalue weighted by atomic mass is 10.1. The maximum absolute atomic E-state index is 11.8. The van der Waals surface area contributed by atoms with Gasteiger partial charge >= 0.3 is 0 Å². The minimum absolute atomic E-state index is 0.0363. The standard InChI is InChI=1S/C24H20N4O2S2/c1-15-4-3-5-19(16(15)2)27-24-28(25-11-17-8-9-31-13-17)21(14-32-24)18-6-7-22-20(10-18)26-23(29)12-30-22/h3-11,13-14H,12H2,1-2H3,(H,26,29). The molecule has 1 amide bonds. The number of rotatable bonds is 4. The van der Waals surface area contributed by atoms with Gasteiger partial charge in [0, 0.05) is 16.5 Å². The Hall–Kier alpha value is -3.49. The second kappa shape index (κ2) is 8.57. The van der Waals surface area contributed by atoms with E-state index in [1.54, 1.807) is 11.3 Å². The van der Waals surface area contributed by atoms with Crippen LogP contribution >= 0.6 is 22.7 Å². The topological polar surface area (TPSA) is 68.0 Å². The van der Waals surface area contributed by atoms with Crippen LogP contribution in [0.25, 0.3) is 11.3 Å². The number of carbonyl (C=O) groups is 1. The summed E-state index contributed by atoms with van der Waals surface area (Å²) in [6, 6.07) is 13.9. The molecule has 160 valence electrons. The highest BCUT2D eigenvalue weighted by Crippen LogP contribution is 2.33. The number of thiazole rings is 1. The fourth-order valence-corrected chi connectivity index (χ4v) is 4.82. The fraction of sp³-hybridized carbons (Fsp3) is 0.125. The van der Waals surface area contributed by atoms with Crippen LogP contribution in [0.5, 0.6) is 5.75 Å². The third-order valence-corrected chi connectivity index (χ3v) is 6.77. The van der Waals surface area contributed by atoms with Crippen LogP contribution in [0.1, 0.15) is 16.7 Å². The van der Waals surface area contributed by atoms with Crippen LogP contribution in [0.3, 0.4) is 0 Å². The molecule has 2 aromatic carbocycles. The lowest BCUT2D eigenvalue weighted by Crippen LogP contribution is -2.25. The highest BCUT2D eigenvalue weighted by molar-refractivity contribution is 7.08. The number of aryl methyl sites for hydroxylation is 1. The first-order valence-corrected chi connectivity index (χ1v) is 11.9. The summed E-state index contributed by atoms with van der Waals surface area (Å²) < 4.78 is 7.34. The van der Waals surface area contributed by atoms with Gasteiger partial charge in [0.05, 0.1) is 23.3 Å². The van der Waals surface area contributed by atoms with Gasteiger partial charge in [0.25, 0.3) is 5.91 Å². The number of aromatic nitrogens is 1. The summed E-state index contributed by atoms with van der Waals surface area (Å²) in [6.07, 6.45) is 1.83. The van der Waals surface area contributed by atoms with Crippen molar-refractivity contribution < 1.29 is 9.53 Å². The molecule has 4 aromatic rings. The minimum Gasteiger partial charge on any atom is -0.482 e. The number of anilines is 1. The van der Waals surface area contributed by atoms with Crippen LogP contribution in [0.4, 0.5) is 11.4 Å². The number of nitrogens with one attached hydrogen (secondary N) is 1. The average Bonchev–Trinajstić information content (AvgIpc) is 3.45. The number of amides is 1. The highest BCUT2D eigenvalue weighted by Gasteiger charge is 2.18. The number of hydrogen-bond donors (Lipinski definition) is 1. The van der Waals surface area contributed by atoms with E-state index in [9.17, 15) is 4.79 Å². The van der Waals surface area contributed by atoms with Crippen LogP contribution in [0, 0.1) is 13.8 Å². The molecule has 0 fully saturated rings. The first kappa shape index (κ1) is 20.4. The van der Waals surface area contributed by atoms with Crippen LogP contribution in [-0.2, 0) is 4.79 Å². The average molecular weight is 461 g/mol. The summed E-state index contributed by atoms with van der Waals surface area (Å²) >= 11 is 3.15. The van der Waals surface area contributed by atoms with Gasteiger partial charge in [-0.25, -0.2) is 9.67 Å². The third-order valence-electron chi connectivity index (χ3n) is 5.25. The highest BCUT2D eigenvalue weighted by atomic mass is 32.1. The normalized spacial score (nSPS) is 13.8. The van der Waals surface area contributed by atoms with E-state index in [1.165, 1.54) is 16.9 Å². The number of thiophene rings is 1. The Labute approximate surface area is 193 Å². The zero-order valence-corrected chi connectivity index (χ0v) is 19.2. The summed E-state index contributed by atoms with van der Waals surface area (Å²) in [5.41, 5.74) is 6.74. The predicted octanol–water partition coefficient (Wildman–Crippen LogP) is 5.34. The molecule has 1 aliphatic rings. The number of fused-ring (bicyclic) bond motifs is 1. The van der Waals surface area contributed by atoms with Crippen molar-refractivity contribution in [2.24, 2.45) is 10.1 Å². The van der Waals surface area contributed by atoms with Gasteiger partial charge in [-0.05, 0) is 66.1 Å². The first-order chi connectivity index (χ1) is 15.6. The molecule has 6 nitrogen and oxygen atoms in total. The summed E-state index contributed by atoms with van der Waals surface area (Å²) in [5.74, 6) is 0.506. The molecule has 0 aliphatic carbocycles. The van der Waals surface area contributed by atoms with Crippen molar-refractivity contribution in [1.82, 2.24) is 4.68 Å². The number of benzene rings is 2. The van der Waals surface area contributed by atoms with Gasteiger partial charge in [0.15, 0.2) is 6.61 Å². The Morgan fingerprint density at radius 3 is 2.91 bits per heavy atom. The Morgan fingerprint density at radius 2 is 2.06 bits per heavy atom. The van der Waals surface area contributed by atoms with Crippen LogP contribution in [0.2, 0.25) is 0 Å². The van der Waals surface area contributed by atoms with Crippen LogP contribution in [-0.4, -0.2) is 23.4 Å². The summed E-state index contributed by atoms with van der Waals surface area (Å²) in [6.45, 7) is 4.20. The zero-order valence-electron chi connectivity index (χ0n) is 17.5. The molecule has 0 spiro atoms. The molecule has 8 heteroatoms. The second-order valence-corrected chi connectivity index (χ2v) is 9.01. The maximum atomic E-state index is 11.8. The van der Waals surface area contributed by atoms with E-state index in [4.69, 9.17) is 14.8 Å². The molecular weight excluding hydrogens is 440 g/mol. The van der Waals surface area contributed by atoms with E-state index in [1.807, 2.05) is 63.4 Å². The number of ether oxygens (including phenoxy) is 1. The molecule has 0 bridgehead atoms. The quantitative estimate of drug-likeness (QED) is 0.418. The molecule has 2 aromatic heterocycles. The largest absolute Gasteiger partial charge is 0.482 e. The molecule has 0 radical (unpaired) electrons. The number of nitrogens with zero attached hydrogens (tertiary/aromatic N) is 3. The van der Waals surface area contributed by atoms with Crippen molar-refractivity contribution in [2.75, 3.05) is 11.9 Å². The van der Waals surface area contributed by atoms with Gasteiger partial charge < -0.3 is 10.1 Å². The van der Waals surface area contributed by atoms with Crippen molar-refractivity contribution in [3.05, 3.63) is 80.1 Å². The van der Waals surface area contributed by atoms with E-state index in [0.29, 0.717) is 11.4 Å². The number of carbonyl (C=O) groups excluding carboxylic acids is 1. The smallest absolute Gasteiger partial charge is 0.262 e. The van der Waals surface area contributed by atoms with E-state index < -0.39 is 0 Å². The Bertz CT molecular complexity index is 1400. The van der Waals surface area contributed by atoms with Gasteiger partial charge in [0.2, 0.25) is 4.80 Å². The number of hydrogen-bond acceptors (Lipinski definition) is 6. The molecule has 0 atom stereocenters. The molecule has 3 heterocycles. The van der Waals surface area contributed by atoms with Gasteiger partial charge in [-0.15, -0.1) is 11.3 Å². The molecule has 5 rings (SSSR count). The molecule has 32 heavy (non-hydrogen) atoms. The van der Waals surface area contributed by atoms with Crippen LogP contribution < -0.4 is 14.9 Å². The lowest BCUT2D eigenvalue weighted by molar-refractivity contribution is -0.118. The molecule has 0 saturated carbocycles. The van der Waals surface area contributed by atoms with Gasteiger partial charge in [-0.3, -0.25) is 4.79 Å². The molecule has 1 aliphatic heterocycles. The van der Waals surface area contributed by atoms with E-state index in [0.717, 1.165) is 32.9 Å². The van der Waals surface area contributed by atoms with Crippen LogP contribution in [0.15, 0.2) is 68.7 Å². The molecular formula is C24H20N4O2S2. The second-order valence-electron chi connectivity index (χ2n) is 7.40. The monoisotopic (exact) mass is 460 g/mol. The van der Waals surface area contributed by atoms with E-state index >= 15 is 0 Å². The Balaban J connectivity index is 1.65. The SMILES string of the molecule is Cc1cccc(N=c2scc(-c3ccc4c(c3)NC(=O)CO4)n2N=Cc2ccsc2)c1C. The van der Waals surface area contributed by atoms with E-state index in [-0.39, 0.29) is 12.5 Å². The van der Waals surface area contributed by atoms with Crippen molar-refractivity contribution >= 4 is 46.2 Å². The van der Waals surface area contributed by atoms with Gasteiger partial charge in [0.1, 0.15) is 5.75 Å². The van der Waals surface area contributed by atoms with Crippen molar-refractivity contribution in [1.29, 1.82) is 0 Å². The van der Waals surface area contributed by atoms with E-state index in [2.05, 4.69) is 25.2 Å². The van der Waals surface area contributed by atoms with Gasteiger partial charge in [-0.2, -0.15) is 16.4 Å². The third kappa shape index (κ3) is 4.02. The maximum Gasteiger partial charge on any atom is 0.262 e. The Morgan fingerprint density at radius 1 is 1.16 bits per heavy atom. The van der Waals surface area contributed by atoms with Crippen molar-refractivity contribution in [2.45, 2.75) is 13.8 Å². The van der Waals surface area contributed by atoms with Gasteiger partial charge in [-0.1, -0.05) is 12.1 Å². The zero-order chi connectivity index (χ0) is 22.1. The van der Waals surface area contributed by atoms with Crippen molar-refractivity contribution in [3.63, 3.8) is 0 Å². The van der Waals surface area contributed by atoms with Crippen molar-refractivity contribution in [3.8, 4) is 17.0 Å². The summed E-state index contributed by atoms with van der Waals surface area (Å²) in [5, 5.41) is 13.7. The first-order valence-electron chi connectivity index (χ1n) is 10.0. The summed E-state index contributed by atoms with van der Waals surface area (Å²) in [4.78, 5) is 17.4. The lowest BCUT2D eigenvalue weighted by Gasteiger charge is -2.18. The fourth-order valence-electron chi connectivity index (χ4n) is 3.36. The Kier molecular flexibility index (Phi) is 5.46. The molecule has 0 saturated heterocycles. The molecule has 0 unspecified atom stereocenters. The molecule has 1 N–H and O–H groups in total. The predicted molar refractivity (Wildman–Crippen MR) is 130 cm³/mol.